The Labute approximate surface area is 113 Å². The van der Waals surface area contributed by atoms with Crippen molar-refractivity contribution in [1.82, 2.24) is 0 Å². The highest BCUT2D eigenvalue weighted by atomic mass is 32.2. The summed E-state index contributed by atoms with van der Waals surface area (Å²) < 4.78 is 5.19. The minimum absolute atomic E-state index is 0.0848. The number of nitrogens with zero attached hydrogens (tertiary/aromatic N) is 1. The molecule has 0 atom stereocenters. The van der Waals surface area contributed by atoms with Gasteiger partial charge in [-0.2, -0.15) is 0 Å². The first-order valence-corrected chi connectivity index (χ1v) is 6.32. The molecular weight excluding hydrogens is 266 g/mol. The number of carbonyl (C=O) groups excluding carboxylic acids is 1. The van der Waals surface area contributed by atoms with Gasteiger partial charge in [0.1, 0.15) is 5.76 Å². The first-order chi connectivity index (χ1) is 8.99. The summed E-state index contributed by atoms with van der Waals surface area (Å²) in [5, 5.41) is 10.7. The molecule has 0 spiro atoms. The van der Waals surface area contributed by atoms with Crippen molar-refractivity contribution in [3.05, 3.63) is 52.0 Å². The second-order valence-corrected chi connectivity index (χ2v) is 5.02. The number of nitro groups is 1. The van der Waals surface area contributed by atoms with Gasteiger partial charge in [-0.1, -0.05) is 11.8 Å². The maximum Gasteiger partial charge on any atom is 0.270 e. The number of nitro benzene ring substituents is 1. The molecule has 0 N–H and O–H groups in total. The highest BCUT2D eigenvalue weighted by Crippen LogP contribution is 2.34. The molecule has 0 aliphatic carbocycles. The molecule has 0 bridgehead atoms. The lowest BCUT2D eigenvalue weighted by Gasteiger charge is -2.05. The summed E-state index contributed by atoms with van der Waals surface area (Å²) in [6, 6.07) is 6.08. The Balaban J connectivity index is 2.43. The normalized spacial score (nSPS) is 10.4. The van der Waals surface area contributed by atoms with E-state index in [1.54, 1.807) is 18.4 Å². The Morgan fingerprint density at radius 1 is 1.32 bits per heavy atom. The van der Waals surface area contributed by atoms with E-state index in [1.165, 1.54) is 30.8 Å². The molecular formula is C13H11NO4S. The number of furan rings is 1. The fourth-order valence-electron chi connectivity index (χ4n) is 1.59. The number of hydrogen-bond acceptors (Lipinski definition) is 5. The van der Waals surface area contributed by atoms with Crippen LogP contribution in [0.4, 0.5) is 5.69 Å². The molecule has 0 aliphatic rings. The minimum atomic E-state index is -0.510. The Hall–Kier alpha value is -2.08. The van der Waals surface area contributed by atoms with Gasteiger partial charge >= 0.3 is 0 Å². The summed E-state index contributed by atoms with van der Waals surface area (Å²) in [6.45, 7) is 3.21. The number of rotatable bonds is 4. The quantitative estimate of drug-likeness (QED) is 0.482. The van der Waals surface area contributed by atoms with E-state index in [1.807, 2.05) is 6.92 Å². The van der Waals surface area contributed by atoms with E-state index in [0.29, 0.717) is 10.5 Å². The molecule has 98 valence electrons. The Morgan fingerprint density at radius 2 is 2.05 bits per heavy atom. The number of Topliss-reactive ketones (excluding diaryl/α,β-unsaturated/α-hetero) is 1. The number of benzene rings is 1. The van der Waals surface area contributed by atoms with Crippen molar-refractivity contribution in [2.75, 3.05) is 0 Å². The highest BCUT2D eigenvalue weighted by molar-refractivity contribution is 7.99. The van der Waals surface area contributed by atoms with Gasteiger partial charge in [-0.15, -0.1) is 0 Å². The van der Waals surface area contributed by atoms with Crippen LogP contribution in [0.2, 0.25) is 0 Å². The lowest BCUT2D eigenvalue weighted by Crippen LogP contribution is -1.98. The van der Waals surface area contributed by atoms with Crippen LogP contribution in [-0.2, 0) is 0 Å². The zero-order valence-corrected chi connectivity index (χ0v) is 11.2. The van der Waals surface area contributed by atoms with Crippen LogP contribution in [0.15, 0.2) is 44.7 Å². The number of non-ortho nitro benzene ring substituents is 1. The first-order valence-electron chi connectivity index (χ1n) is 5.50. The van der Waals surface area contributed by atoms with Crippen molar-refractivity contribution in [2.24, 2.45) is 0 Å². The zero-order chi connectivity index (χ0) is 14.0. The largest absolute Gasteiger partial charge is 0.468 e. The molecule has 2 aromatic rings. The molecule has 1 aromatic carbocycles. The van der Waals surface area contributed by atoms with Gasteiger partial charge in [0, 0.05) is 22.6 Å². The van der Waals surface area contributed by atoms with Gasteiger partial charge in [-0.3, -0.25) is 14.9 Å². The number of aryl methyl sites for hydroxylation is 1. The molecule has 5 nitrogen and oxygen atoms in total. The monoisotopic (exact) mass is 277 g/mol. The molecule has 2 rings (SSSR count). The molecule has 1 heterocycles. The summed E-state index contributed by atoms with van der Waals surface area (Å²) in [6.07, 6.45) is 1.57. The van der Waals surface area contributed by atoms with E-state index >= 15 is 0 Å². The Morgan fingerprint density at radius 3 is 2.58 bits per heavy atom. The lowest BCUT2D eigenvalue weighted by atomic mass is 10.1. The molecule has 19 heavy (non-hydrogen) atoms. The fourth-order valence-corrected chi connectivity index (χ4v) is 2.59. The summed E-state index contributed by atoms with van der Waals surface area (Å²) in [5.41, 5.74) is 0.262. The van der Waals surface area contributed by atoms with Gasteiger partial charge < -0.3 is 4.42 Å². The third kappa shape index (κ3) is 2.85. The molecule has 0 aliphatic heterocycles. The van der Waals surface area contributed by atoms with Crippen molar-refractivity contribution in [3.63, 3.8) is 0 Å². The topological polar surface area (TPSA) is 73.3 Å². The van der Waals surface area contributed by atoms with E-state index < -0.39 is 4.92 Å². The molecule has 0 radical (unpaired) electrons. The summed E-state index contributed by atoms with van der Waals surface area (Å²) in [4.78, 5) is 23.4. The van der Waals surface area contributed by atoms with Gasteiger partial charge in [0.15, 0.2) is 5.78 Å². The molecule has 6 heteroatoms. The average molecular weight is 277 g/mol. The fraction of sp³-hybridized carbons (Fsp3) is 0.154. The van der Waals surface area contributed by atoms with E-state index in [4.69, 9.17) is 4.42 Å². The van der Waals surface area contributed by atoms with Crippen molar-refractivity contribution >= 4 is 23.2 Å². The van der Waals surface area contributed by atoms with E-state index in [2.05, 4.69) is 0 Å². The SMILES string of the molecule is CC(=O)c1cc([N+](=O)[O-])ccc1Sc1ccoc1C. The van der Waals surface area contributed by atoms with Crippen LogP contribution in [0.3, 0.4) is 0 Å². The highest BCUT2D eigenvalue weighted by Gasteiger charge is 2.16. The second kappa shape index (κ2) is 5.27. The molecule has 0 saturated heterocycles. The number of ketones is 1. The molecule has 0 fully saturated rings. The van der Waals surface area contributed by atoms with Gasteiger partial charge in [-0.25, -0.2) is 0 Å². The number of hydrogen-bond donors (Lipinski definition) is 0. The average Bonchev–Trinajstić information content (AvgIpc) is 2.75. The third-order valence-corrected chi connectivity index (χ3v) is 3.80. The second-order valence-electron chi connectivity index (χ2n) is 3.94. The van der Waals surface area contributed by atoms with Crippen LogP contribution in [0.1, 0.15) is 23.0 Å². The summed E-state index contributed by atoms with van der Waals surface area (Å²) in [5.74, 6) is 0.546. The molecule has 0 amide bonds. The van der Waals surface area contributed by atoms with Crippen molar-refractivity contribution in [2.45, 2.75) is 23.6 Å². The maximum atomic E-state index is 11.6. The molecule has 0 saturated carbocycles. The maximum absolute atomic E-state index is 11.6. The van der Waals surface area contributed by atoms with Crippen LogP contribution in [-0.4, -0.2) is 10.7 Å². The van der Waals surface area contributed by atoms with Crippen LogP contribution in [0.25, 0.3) is 0 Å². The van der Waals surface area contributed by atoms with Crippen molar-refractivity contribution in [3.8, 4) is 0 Å². The smallest absolute Gasteiger partial charge is 0.270 e. The van der Waals surface area contributed by atoms with Crippen LogP contribution in [0.5, 0.6) is 0 Å². The van der Waals surface area contributed by atoms with E-state index in [-0.39, 0.29) is 11.5 Å². The standard InChI is InChI=1S/C13H11NO4S/c1-8(15)11-7-10(14(16)17)3-4-13(11)19-12-5-6-18-9(12)2/h3-7H,1-2H3. The minimum Gasteiger partial charge on any atom is -0.468 e. The van der Waals surface area contributed by atoms with Crippen LogP contribution >= 0.6 is 11.8 Å². The predicted octanol–water partition coefficient (Wildman–Crippen LogP) is 3.85. The van der Waals surface area contributed by atoms with Gasteiger partial charge in [-0.05, 0) is 26.0 Å². The molecule has 0 unspecified atom stereocenters. The van der Waals surface area contributed by atoms with Crippen molar-refractivity contribution in [1.29, 1.82) is 0 Å². The van der Waals surface area contributed by atoms with E-state index in [0.717, 1.165) is 10.7 Å². The Kier molecular flexibility index (Phi) is 3.71. The third-order valence-electron chi connectivity index (χ3n) is 2.58. The van der Waals surface area contributed by atoms with Gasteiger partial charge in [0.2, 0.25) is 0 Å². The Bertz CT molecular complexity index is 648. The zero-order valence-electron chi connectivity index (χ0n) is 10.4. The van der Waals surface area contributed by atoms with E-state index in [9.17, 15) is 14.9 Å². The van der Waals surface area contributed by atoms with Gasteiger partial charge in [0.25, 0.3) is 5.69 Å². The lowest BCUT2D eigenvalue weighted by molar-refractivity contribution is -0.384. The predicted molar refractivity (Wildman–Crippen MR) is 70.7 cm³/mol. The summed E-state index contributed by atoms with van der Waals surface area (Å²) >= 11 is 1.36. The molecule has 1 aromatic heterocycles. The summed E-state index contributed by atoms with van der Waals surface area (Å²) in [7, 11) is 0. The first kappa shape index (κ1) is 13.4. The number of carbonyl (C=O) groups is 1. The van der Waals surface area contributed by atoms with Crippen LogP contribution < -0.4 is 0 Å². The van der Waals surface area contributed by atoms with Gasteiger partial charge in [0.05, 0.1) is 16.1 Å². The van der Waals surface area contributed by atoms with Crippen LogP contribution in [0, 0.1) is 17.0 Å². The van der Waals surface area contributed by atoms with Crippen molar-refractivity contribution < 1.29 is 14.1 Å².